The first kappa shape index (κ1) is 8.50. The second-order valence-corrected chi connectivity index (χ2v) is 1.84. The molecule has 0 heterocycles. The fourth-order valence-electron chi connectivity index (χ4n) is 0.552. The van der Waals surface area contributed by atoms with Crippen LogP contribution in [0.25, 0.3) is 0 Å². The van der Waals surface area contributed by atoms with Crippen molar-refractivity contribution in [3.8, 4) is 0 Å². The van der Waals surface area contributed by atoms with Gasteiger partial charge in [0, 0.05) is 6.61 Å². The van der Waals surface area contributed by atoms with Crippen molar-refractivity contribution in [3.63, 3.8) is 0 Å². The summed E-state index contributed by atoms with van der Waals surface area (Å²) in [6.07, 6.45) is -0.160. The number of allylic oxidation sites excluding steroid dienone is 1. The van der Waals surface area contributed by atoms with Gasteiger partial charge in [-0.3, -0.25) is 0 Å². The van der Waals surface area contributed by atoms with Gasteiger partial charge in [-0.05, 0) is 20.8 Å². The maximum Gasteiger partial charge on any atom is 0.196 e. The summed E-state index contributed by atoms with van der Waals surface area (Å²) >= 11 is 0. The molecule has 0 rings (SSSR count). The van der Waals surface area contributed by atoms with Crippen molar-refractivity contribution in [1.29, 1.82) is 0 Å². The summed E-state index contributed by atoms with van der Waals surface area (Å²) in [5.41, 5.74) is 0. The fraction of sp³-hybridized carbons (Fsp3) is 0.714. The molecule has 0 spiro atoms. The van der Waals surface area contributed by atoms with Gasteiger partial charge in [0.25, 0.3) is 0 Å². The van der Waals surface area contributed by atoms with Crippen molar-refractivity contribution in [1.82, 2.24) is 0 Å². The van der Waals surface area contributed by atoms with Crippen LogP contribution < -0.4 is 0 Å². The van der Waals surface area contributed by atoms with Crippen molar-refractivity contribution in [2.24, 2.45) is 0 Å². The Balaban J connectivity index is 3.26. The quantitative estimate of drug-likeness (QED) is 0.427. The predicted octanol–water partition coefficient (Wildman–Crippen LogP) is 1.92. The van der Waals surface area contributed by atoms with Crippen molar-refractivity contribution in [2.75, 3.05) is 6.61 Å². The van der Waals surface area contributed by atoms with Gasteiger partial charge in [-0.1, -0.05) is 6.58 Å². The highest BCUT2D eigenvalue weighted by atomic mass is 16.7. The molecule has 0 aromatic rings. The first-order valence-electron chi connectivity index (χ1n) is 3.10. The standard InChI is InChI=1S/C7H14O2/c1-5-8-7(4)9-6(2)3/h7H,2,5H2,1,3-4H3. The number of rotatable bonds is 4. The number of hydrogen-bond donors (Lipinski definition) is 0. The van der Waals surface area contributed by atoms with Crippen molar-refractivity contribution in [3.05, 3.63) is 12.3 Å². The largest absolute Gasteiger partial charge is 0.471 e. The van der Waals surface area contributed by atoms with E-state index in [9.17, 15) is 0 Å². The molecule has 54 valence electrons. The molecule has 1 atom stereocenters. The lowest BCUT2D eigenvalue weighted by Gasteiger charge is -2.12. The molecule has 0 bridgehead atoms. The van der Waals surface area contributed by atoms with E-state index in [1.807, 2.05) is 13.8 Å². The Morgan fingerprint density at radius 3 is 2.56 bits per heavy atom. The molecule has 0 N–H and O–H groups in total. The van der Waals surface area contributed by atoms with Gasteiger partial charge < -0.3 is 9.47 Å². The third kappa shape index (κ3) is 5.37. The van der Waals surface area contributed by atoms with Gasteiger partial charge in [0.15, 0.2) is 6.29 Å². The summed E-state index contributed by atoms with van der Waals surface area (Å²) < 4.78 is 10.1. The van der Waals surface area contributed by atoms with Crippen molar-refractivity contribution < 1.29 is 9.47 Å². The van der Waals surface area contributed by atoms with Crippen LogP contribution >= 0.6 is 0 Å². The van der Waals surface area contributed by atoms with Crippen LogP contribution in [0.1, 0.15) is 20.8 Å². The second-order valence-electron chi connectivity index (χ2n) is 1.84. The molecule has 0 radical (unpaired) electrons. The highest BCUT2D eigenvalue weighted by Gasteiger charge is 1.97. The molecule has 0 aliphatic heterocycles. The molecule has 0 saturated heterocycles. The summed E-state index contributed by atoms with van der Waals surface area (Å²) in [7, 11) is 0. The Labute approximate surface area is 56.5 Å². The van der Waals surface area contributed by atoms with Crippen molar-refractivity contribution in [2.45, 2.75) is 27.1 Å². The van der Waals surface area contributed by atoms with Crippen LogP contribution in [0, 0.1) is 0 Å². The smallest absolute Gasteiger partial charge is 0.196 e. The van der Waals surface area contributed by atoms with Crippen LogP contribution in [0.15, 0.2) is 12.3 Å². The van der Waals surface area contributed by atoms with E-state index in [4.69, 9.17) is 9.47 Å². The summed E-state index contributed by atoms with van der Waals surface area (Å²) in [4.78, 5) is 0. The van der Waals surface area contributed by atoms with Gasteiger partial charge in [0.05, 0.1) is 5.76 Å². The van der Waals surface area contributed by atoms with E-state index in [-0.39, 0.29) is 6.29 Å². The zero-order valence-electron chi connectivity index (χ0n) is 6.31. The van der Waals surface area contributed by atoms with E-state index in [1.54, 1.807) is 6.92 Å². The van der Waals surface area contributed by atoms with Gasteiger partial charge in [-0.15, -0.1) is 0 Å². The Kier molecular flexibility index (Phi) is 4.14. The summed E-state index contributed by atoms with van der Waals surface area (Å²) in [5.74, 6) is 0.691. The predicted molar refractivity (Wildman–Crippen MR) is 37.0 cm³/mol. The molecule has 2 heteroatoms. The average molecular weight is 130 g/mol. The van der Waals surface area contributed by atoms with Gasteiger partial charge in [-0.25, -0.2) is 0 Å². The van der Waals surface area contributed by atoms with Gasteiger partial charge in [0.2, 0.25) is 0 Å². The molecule has 0 fully saturated rings. The highest BCUT2D eigenvalue weighted by molar-refractivity contribution is 4.73. The molecular weight excluding hydrogens is 116 g/mol. The minimum atomic E-state index is -0.160. The monoisotopic (exact) mass is 130 g/mol. The molecule has 0 saturated carbocycles. The molecule has 0 aromatic carbocycles. The third-order valence-electron chi connectivity index (χ3n) is 0.769. The maximum absolute atomic E-state index is 5.07. The molecule has 1 unspecified atom stereocenters. The Bertz CT molecular complexity index is 88.9. The second kappa shape index (κ2) is 4.39. The van der Waals surface area contributed by atoms with Gasteiger partial charge in [0.1, 0.15) is 0 Å². The lowest BCUT2D eigenvalue weighted by atomic mass is 10.6. The van der Waals surface area contributed by atoms with E-state index in [2.05, 4.69) is 6.58 Å². The lowest BCUT2D eigenvalue weighted by molar-refractivity contribution is -0.0980. The van der Waals surface area contributed by atoms with Gasteiger partial charge >= 0.3 is 0 Å². The average Bonchev–Trinajstić information content (AvgIpc) is 1.63. The molecule has 0 aromatic heterocycles. The zero-order chi connectivity index (χ0) is 7.28. The van der Waals surface area contributed by atoms with Gasteiger partial charge in [-0.2, -0.15) is 0 Å². The van der Waals surface area contributed by atoms with E-state index in [1.165, 1.54) is 0 Å². The molecule has 9 heavy (non-hydrogen) atoms. The SMILES string of the molecule is C=C(C)OC(C)OCC. The normalized spacial score (nSPS) is 12.8. The van der Waals surface area contributed by atoms with Crippen molar-refractivity contribution >= 4 is 0 Å². The van der Waals surface area contributed by atoms with E-state index in [0.717, 1.165) is 0 Å². The number of hydrogen-bond acceptors (Lipinski definition) is 2. The lowest BCUT2D eigenvalue weighted by Crippen LogP contribution is -2.10. The summed E-state index contributed by atoms with van der Waals surface area (Å²) in [5, 5.41) is 0. The summed E-state index contributed by atoms with van der Waals surface area (Å²) in [6, 6.07) is 0. The Morgan fingerprint density at radius 1 is 1.67 bits per heavy atom. The van der Waals surface area contributed by atoms with Crippen LogP contribution in [-0.4, -0.2) is 12.9 Å². The molecule has 0 aliphatic carbocycles. The maximum atomic E-state index is 5.07. The fourth-order valence-corrected chi connectivity index (χ4v) is 0.552. The zero-order valence-corrected chi connectivity index (χ0v) is 6.31. The molecule has 0 amide bonds. The molecule has 2 nitrogen and oxygen atoms in total. The third-order valence-corrected chi connectivity index (χ3v) is 0.769. The first-order chi connectivity index (χ1) is 4.16. The van der Waals surface area contributed by atoms with Crippen LogP contribution in [0.4, 0.5) is 0 Å². The highest BCUT2D eigenvalue weighted by Crippen LogP contribution is 1.99. The van der Waals surface area contributed by atoms with E-state index < -0.39 is 0 Å². The van der Waals surface area contributed by atoms with Crippen LogP contribution in [0.2, 0.25) is 0 Å². The van der Waals surface area contributed by atoms with Crippen LogP contribution in [0.5, 0.6) is 0 Å². The molecular formula is C7H14O2. The number of ether oxygens (including phenoxy) is 2. The Hall–Kier alpha value is -0.500. The van der Waals surface area contributed by atoms with Crippen LogP contribution in [-0.2, 0) is 9.47 Å². The summed E-state index contributed by atoms with van der Waals surface area (Å²) in [6.45, 7) is 9.83. The molecule has 0 aliphatic rings. The minimum Gasteiger partial charge on any atom is -0.471 e. The van der Waals surface area contributed by atoms with Crippen LogP contribution in [0.3, 0.4) is 0 Å². The topological polar surface area (TPSA) is 18.5 Å². The van der Waals surface area contributed by atoms with E-state index in [0.29, 0.717) is 12.4 Å². The minimum absolute atomic E-state index is 0.160. The Morgan fingerprint density at radius 2 is 2.22 bits per heavy atom. The first-order valence-corrected chi connectivity index (χ1v) is 3.10. The van der Waals surface area contributed by atoms with E-state index >= 15 is 0 Å².